The Morgan fingerprint density at radius 3 is 1.94 bits per heavy atom. The molecule has 2 unspecified atom stereocenters. The van der Waals surface area contributed by atoms with Crippen molar-refractivity contribution in [3.8, 4) is 0 Å². The van der Waals surface area contributed by atoms with Crippen LogP contribution in [-0.2, 0) is 0 Å². The predicted octanol–water partition coefficient (Wildman–Crippen LogP) is 7.87. The molecule has 31 heavy (non-hydrogen) atoms. The van der Waals surface area contributed by atoms with Gasteiger partial charge in [0.25, 0.3) is 0 Å². The van der Waals surface area contributed by atoms with E-state index in [1.807, 2.05) is 12.1 Å². The lowest BCUT2D eigenvalue weighted by Crippen LogP contribution is -2.10. The van der Waals surface area contributed by atoms with Gasteiger partial charge in [-0.25, -0.2) is 0 Å². The molecule has 0 radical (unpaired) electrons. The fourth-order valence-electron chi connectivity index (χ4n) is 5.14. The number of nitrogens with one attached hydrogen (secondary N) is 1. The Balaban J connectivity index is 1.47. The lowest BCUT2D eigenvalue weighted by atomic mass is 9.85. The molecule has 0 heterocycles. The monoisotopic (exact) mass is 410 g/mol. The number of benzene rings is 3. The summed E-state index contributed by atoms with van der Waals surface area (Å²) in [5.41, 5.74) is 8.97. The van der Waals surface area contributed by atoms with Crippen molar-refractivity contribution in [2.24, 2.45) is 16.9 Å². The quantitative estimate of drug-likeness (QED) is 0.296. The molecule has 4 rings (SSSR count). The third kappa shape index (κ3) is 5.25. The Kier molecular flexibility index (Phi) is 7.19. The van der Waals surface area contributed by atoms with Gasteiger partial charge in [-0.3, -0.25) is 5.43 Å². The van der Waals surface area contributed by atoms with Crippen LogP contribution in [0.5, 0.6) is 0 Å². The van der Waals surface area contributed by atoms with Crippen molar-refractivity contribution in [2.75, 3.05) is 5.43 Å². The van der Waals surface area contributed by atoms with Gasteiger partial charge in [0.15, 0.2) is 0 Å². The van der Waals surface area contributed by atoms with Crippen LogP contribution >= 0.6 is 0 Å². The van der Waals surface area contributed by atoms with E-state index in [4.69, 9.17) is 5.10 Å². The summed E-state index contributed by atoms with van der Waals surface area (Å²) in [6, 6.07) is 29.7. The first-order chi connectivity index (χ1) is 15.3. The maximum absolute atomic E-state index is 4.79. The van der Waals surface area contributed by atoms with Crippen molar-refractivity contribution in [3.63, 3.8) is 0 Å². The fraction of sp³-hybridized carbons (Fsp3) is 0.345. The minimum Gasteiger partial charge on any atom is -0.278 e. The van der Waals surface area contributed by atoms with E-state index in [-0.39, 0.29) is 0 Å². The molecule has 0 saturated heterocycles. The van der Waals surface area contributed by atoms with Crippen molar-refractivity contribution in [3.05, 3.63) is 102 Å². The van der Waals surface area contributed by atoms with E-state index in [1.165, 1.54) is 37.7 Å². The Morgan fingerprint density at radius 1 is 0.806 bits per heavy atom. The standard InChI is InChI=1S/C29H34N2/c1-3-22(4-2)26-15-16-27(21-26)23-17-19-28(20-18-23)30-31-29(24-11-7-5-8-12-24)25-13-9-6-10-14-25/h5-14,17-20,22,26-27,30H,3-4,15-16,21H2,1-2H3. The molecule has 1 aliphatic carbocycles. The average molecular weight is 411 g/mol. The van der Waals surface area contributed by atoms with Crippen LogP contribution in [0.3, 0.4) is 0 Å². The highest BCUT2D eigenvalue weighted by Gasteiger charge is 2.29. The fourth-order valence-corrected chi connectivity index (χ4v) is 5.14. The molecule has 1 saturated carbocycles. The molecule has 1 N–H and O–H groups in total. The Bertz CT molecular complexity index is 915. The largest absolute Gasteiger partial charge is 0.278 e. The molecule has 0 spiro atoms. The van der Waals surface area contributed by atoms with Crippen molar-refractivity contribution in [1.82, 2.24) is 0 Å². The number of rotatable bonds is 8. The van der Waals surface area contributed by atoms with E-state index >= 15 is 0 Å². The molecule has 1 aliphatic rings. The SMILES string of the molecule is CCC(CC)C1CCC(c2ccc(NN=C(c3ccccc3)c3ccccc3)cc2)C1. The maximum Gasteiger partial charge on any atom is 0.0977 e. The second kappa shape index (κ2) is 10.4. The van der Waals surface area contributed by atoms with Crippen LogP contribution < -0.4 is 5.43 Å². The second-order valence-electron chi connectivity index (χ2n) is 8.77. The van der Waals surface area contributed by atoms with E-state index < -0.39 is 0 Å². The van der Waals surface area contributed by atoms with Crippen LogP contribution in [0.25, 0.3) is 0 Å². The summed E-state index contributed by atoms with van der Waals surface area (Å²) in [6.45, 7) is 4.70. The van der Waals surface area contributed by atoms with E-state index in [2.05, 4.69) is 92.1 Å². The molecule has 160 valence electrons. The van der Waals surface area contributed by atoms with Crippen LogP contribution in [-0.4, -0.2) is 5.71 Å². The number of hydrogen-bond acceptors (Lipinski definition) is 2. The van der Waals surface area contributed by atoms with Crippen molar-refractivity contribution in [2.45, 2.75) is 51.9 Å². The van der Waals surface area contributed by atoms with E-state index in [0.717, 1.165) is 34.4 Å². The summed E-state index contributed by atoms with van der Waals surface area (Å²) in [6.07, 6.45) is 6.71. The van der Waals surface area contributed by atoms with Gasteiger partial charge in [0, 0.05) is 11.1 Å². The smallest absolute Gasteiger partial charge is 0.0977 e. The molecule has 0 aliphatic heterocycles. The summed E-state index contributed by atoms with van der Waals surface area (Å²) in [5.74, 6) is 2.52. The van der Waals surface area contributed by atoms with Crippen LogP contribution in [0.1, 0.15) is 68.6 Å². The van der Waals surface area contributed by atoms with Crippen LogP contribution in [0.2, 0.25) is 0 Å². The van der Waals surface area contributed by atoms with Crippen molar-refractivity contribution in [1.29, 1.82) is 0 Å². The van der Waals surface area contributed by atoms with E-state index in [1.54, 1.807) is 0 Å². The van der Waals surface area contributed by atoms with Gasteiger partial charge >= 0.3 is 0 Å². The lowest BCUT2D eigenvalue weighted by Gasteiger charge is -2.20. The third-order valence-corrected chi connectivity index (χ3v) is 6.96. The van der Waals surface area contributed by atoms with Gasteiger partial charge in [-0.05, 0) is 54.7 Å². The molecule has 0 bridgehead atoms. The van der Waals surface area contributed by atoms with Gasteiger partial charge in [0.1, 0.15) is 0 Å². The topological polar surface area (TPSA) is 24.4 Å². The third-order valence-electron chi connectivity index (χ3n) is 6.96. The van der Waals surface area contributed by atoms with Gasteiger partial charge in [0.2, 0.25) is 0 Å². The summed E-state index contributed by atoms with van der Waals surface area (Å²) < 4.78 is 0. The summed E-state index contributed by atoms with van der Waals surface area (Å²) in [4.78, 5) is 0. The van der Waals surface area contributed by atoms with Crippen LogP contribution in [0.15, 0.2) is 90.0 Å². The highest BCUT2D eigenvalue weighted by molar-refractivity contribution is 6.13. The lowest BCUT2D eigenvalue weighted by molar-refractivity contribution is 0.317. The molecular formula is C29H34N2. The van der Waals surface area contributed by atoms with Gasteiger partial charge in [-0.15, -0.1) is 0 Å². The molecule has 0 amide bonds. The average Bonchev–Trinajstić information content (AvgIpc) is 3.32. The Hall–Kier alpha value is -2.87. The first-order valence-corrected chi connectivity index (χ1v) is 11.8. The molecule has 3 aromatic carbocycles. The molecular weight excluding hydrogens is 376 g/mol. The van der Waals surface area contributed by atoms with Crippen molar-refractivity contribution < 1.29 is 0 Å². The maximum atomic E-state index is 4.79. The van der Waals surface area contributed by atoms with Gasteiger partial charge in [-0.2, -0.15) is 5.10 Å². The second-order valence-corrected chi connectivity index (χ2v) is 8.77. The number of hydrogen-bond donors (Lipinski definition) is 1. The highest BCUT2D eigenvalue weighted by atomic mass is 15.3. The number of hydrazone groups is 1. The van der Waals surface area contributed by atoms with E-state index in [0.29, 0.717) is 5.92 Å². The summed E-state index contributed by atoms with van der Waals surface area (Å²) >= 11 is 0. The number of nitrogens with zero attached hydrogens (tertiary/aromatic N) is 1. The van der Waals surface area contributed by atoms with Gasteiger partial charge < -0.3 is 0 Å². The predicted molar refractivity (Wildman–Crippen MR) is 133 cm³/mol. The van der Waals surface area contributed by atoms with Gasteiger partial charge in [-0.1, -0.05) is 99.5 Å². The highest BCUT2D eigenvalue weighted by Crippen LogP contribution is 2.43. The normalized spacial score (nSPS) is 18.2. The zero-order valence-corrected chi connectivity index (χ0v) is 18.8. The zero-order chi connectivity index (χ0) is 21.5. The molecule has 3 aromatic rings. The Labute approximate surface area is 187 Å². The van der Waals surface area contributed by atoms with Crippen LogP contribution in [0.4, 0.5) is 5.69 Å². The molecule has 2 heteroatoms. The van der Waals surface area contributed by atoms with Crippen LogP contribution in [0, 0.1) is 11.8 Å². The summed E-state index contributed by atoms with van der Waals surface area (Å²) in [5, 5.41) is 4.79. The first-order valence-electron chi connectivity index (χ1n) is 11.8. The first kappa shape index (κ1) is 21.4. The molecule has 0 aromatic heterocycles. The Morgan fingerprint density at radius 2 is 1.39 bits per heavy atom. The molecule has 2 nitrogen and oxygen atoms in total. The minimum atomic E-state index is 0.715. The van der Waals surface area contributed by atoms with E-state index in [9.17, 15) is 0 Å². The molecule has 2 atom stereocenters. The van der Waals surface area contributed by atoms with Gasteiger partial charge in [0.05, 0.1) is 11.4 Å². The summed E-state index contributed by atoms with van der Waals surface area (Å²) in [7, 11) is 0. The minimum absolute atomic E-state index is 0.715. The zero-order valence-electron chi connectivity index (χ0n) is 18.8. The molecule has 1 fully saturated rings. The van der Waals surface area contributed by atoms with Crippen molar-refractivity contribution >= 4 is 11.4 Å². The number of anilines is 1.